The summed E-state index contributed by atoms with van der Waals surface area (Å²) in [6.45, 7) is 1.95. The van der Waals surface area contributed by atoms with E-state index in [0.29, 0.717) is 5.69 Å². The average molecular weight is 343 g/mol. The van der Waals surface area contributed by atoms with Crippen molar-refractivity contribution in [1.82, 2.24) is 4.98 Å². The molecule has 0 saturated carbocycles. The third-order valence-electron chi connectivity index (χ3n) is 4.67. The Balaban J connectivity index is 1.79. The van der Waals surface area contributed by atoms with Crippen molar-refractivity contribution in [2.45, 2.75) is 12.8 Å². The normalized spacial score (nSPS) is 13.6. The molecule has 4 heteroatoms. The number of carbonyl (C=O) groups excluding carboxylic acids is 1. The molecule has 3 aromatic rings. The number of aromatic nitrogens is 1. The van der Waals surface area contributed by atoms with Crippen LogP contribution in [0.2, 0.25) is 0 Å². The van der Waals surface area contributed by atoms with E-state index in [0.717, 1.165) is 43.0 Å². The predicted octanol–water partition coefficient (Wildman–Crippen LogP) is 4.66. The molecule has 0 aliphatic carbocycles. The smallest absolute Gasteiger partial charge is 0.283 e. The Morgan fingerprint density at radius 3 is 1.96 bits per heavy atom. The molecular formula is C22H21N3O. The molecule has 0 unspecified atom stereocenters. The number of rotatable bonds is 4. The van der Waals surface area contributed by atoms with E-state index in [1.54, 1.807) is 11.1 Å². The second-order valence-corrected chi connectivity index (χ2v) is 6.38. The Bertz CT molecular complexity index is 835. The SMILES string of the molecule is O=C(c1ncccc1N1CCCC1)N(c1ccccc1)c1ccccc1. The zero-order chi connectivity index (χ0) is 17.8. The molecule has 1 amide bonds. The summed E-state index contributed by atoms with van der Waals surface area (Å²) in [5.74, 6) is -0.107. The molecule has 2 heterocycles. The van der Waals surface area contributed by atoms with E-state index in [9.17, 15) is 4.79 Å². The maximum Gasteiger partial charge on any atom is 0.283 e. The molecule has 4 nitrogen and oxygen atoms in total. The van der Waals surface area contributed by atoms with Crippen molar-refractivity contribution < 1.29 is 4.79 Å². The van der Waals surface area contributed by atoms with Gasteiger partial charge in [-0.25, -0.2) is 4.98 Å². The Morgan fingerprint density at radius 2 is 1.38 bits per heavy atom. The van der Waals surface area contributed by atoms with Crippen molar-refractivity contribution in [3.8, 4) is 0 Å². The van der Waals surface area contributed by atoms with Crippen molar-refractivity contribution >= 4 is 23.0 Å². The Kier molecular flexibility index (Phi) is 4.65. The third kappa shape index (κ3) is 3.18. The first-order chi connectivity index (χ1) is 12.8. The van der Waals surface area contributed by atoms with Crippen LogP contribution in [0.5, 0.6) is 0 Å². The van der Waals surface area contributed by atoms with Gasteiger partial charge in [0, 0.05) is 30.7 Å². The fraction of sp³-hybridized carbons (Fsp3) is 0.182. The lowest BCUT2D eigenvalue weighted by molar-refractivity contribution is 0.0995. The van der Waals surface area contributed by atoms with Crippen molar-refractivity contribution in [1.29, 1.82) is 0 Å². The third-order valence-corrected chi connectivity index (χ3v) is 4.67. The molecule has 1 aliphatic heterocycles. The van der Waals surface area contributed by atoms with E-state index >= 15 is 0 Å². The van der Waals surface area contributed by atoms with Gasteiger partial charge < -0.3 is 4.90 Å². The summed E-state index contributed by atoms with van der Waals surface area (Å²) < 4.78 is 0. The van der Waals surface area contributed by atoms with Gasteiger partial charge in [0.25, 0.3) is 5.91 Å². The van der Waals surface area contributed by atoms with Gasteiger partial charge in [-0.3, -0.25) is 9.69 Å². The molecule has 1 fully saturated rings. The van der Waals surface area contributed by atoms with E-state index < -0.39 is 0 Å². The van der Waals surface area contributed by atoms with Crippen molar-refractivity contribution in [3.63, 3.8) is 0 Å². The quantitative estimate of drug-likeness (QED) is 0.691. The van der Waals surface area contributed by atoms with Gasteiger partial charge in [-0.1, -0.05) is 36.4 Å². The van der Waals surface area contributed by atoms with E-state index in [1.807, 2.05) is 72.8 Å². The summed E-state index contributed by atoms with van der Waals surface area (Å²) in [5, 5.41) is 0. The zero-order valence-corrected chi connectivity index (χ0v) is 14.6. The molecule has 2 aromatic carbocycles. The highest BCUT2D eigenvalue weighted by Gasteiger charge is 2.26. The highest BCUT2D eigenvalue weighted by atomic mass is 16.2. The second kappa shape index (κ2) is 7.40. The highest BCUT2D eigenvalue weighted by Crippen LogP contribution is 2.30. The summed E-state index contributed by atoms with van der Waals surface area (Å²) in [6.07, 6.45) is 4.01. The molecule has 1 aromatic heterocycles. The molecule has 0 spiro atoms. The van der Waals surface area contributed by atoms with Crippen LogP contribution in [0.3, 0.4) is 0 Å². The topological polar surface area (TPSA) is 36.4 Å². The van der Waals surface area contributed by atoms with Crippen molar-refractivity contribution in [2.24, 2.45) is 0 Å². The highest BCUT2D eigenvalue weighted by molar-refractivity contribution is 6.12. The molecule has 0 atom stereocenters. The van der Waals surface area contributed by atoms with E-state index in [2.05, 4.69) is 9.88 Å². The Labute approximate surface area is 153 Å². The summed E-state index contributed by atoms with van der Waals surface area (Å²) >= 11 is 0. The van der Waals surface area contributed by atoms with Crippen LogP contribution in [0.15, 0.2) is 79.0 Å². The standard InChI is InChI=1S/C22H21N3O/c26-22(21-20(14-9-15-23-21)24-16-7-8-17-24)25(18-10-3-1-4-11-18)19-12-5-2-6-13-19/h1-6,9-15H,7-8,16-17H2. The largest absolute Gasteiger partial charge is 0.370 e. The lowest BCUT2D eigenvalue weighted by Gasteiger charge is -2.26. The van der Waals surface area contributed by atoms with Crippen LogP contribution < -0.4 is 9.80 Å². The Morgan fingerprint density at radius 1 is 0.808 bits per heavy atom. The van der Waals surface area contributed by atoms with Gasteiger partial charge in [0.1, 0.15) is 0 Å². The van der Waals surface area contributed by atoms with Gasteiger partial charge >= 0.3 is 0 Å². The van der Waals surface area contributed by atoms with Gasteiger partial charge in [0.05, 0.1) is 5.69 Å². The van der Waals surface area contributed by atoms with Crippen LogP contribution in [0.25, 0.3) is 0 Å². The summed E-state index contributed by atoms with van der Waals surface area (Å²) in [5.41, 5.74) is 3.09. The molecule has 0 bridgehead atoms. The number of amides is 1. The first-order valence-electron chi connectivity index (χ1n) is 8.99. The van der Waals surface area contributed by atoms with Crippen LogP contribution in [0.4, 0.5) is 17.1 Å². The fourth-order valence-electron chi connectivity index (χ4n) is 3.42. The van der Waals surface area contributed by atoms with Gasteiger partial charge in [0.2, 0.25) is 0 Å². The van der Waals surface area contributed by atoms with Gasteiger partial charge in [-0.2, -0.15) is 0 Å². The number of hydrogen-bond donors (Lipinski definition) is 0. The molecule has 0 N–H and O–H groups in total. The molecule has 130 valence electrons. The molecule has 1 saturated heterocycles. The van der Waals surface area contributed by atoms with Gasteiger partial charge in [0.15, 0.2) is 5.69 Å². The molecule has 26 heavy (non-hydrogen) atoms. The van der Waals surface area contributed by atoms with Crippen LogP contribution in [-0.2, 0) is 0 Å². The average Bonchev–Trinajstić information content (AvgIpc) is 3.24. The first kappa shape index (κ1) is 16.3. The summed E-state index contributed by atoms with van der Waals surface area (Å²) in [4.78, 5) is 22.0. The molecule has 1 aliphatic rings. The molecule has 0 radical (unpaired) electrons. The fourth-order valence-corrected chi connectivity index (χ4v) is 3.42. The molecule has 4 rings (SSSR count). The van der Waals surface area contributed by atoms with E-state index in [1.165, 1.54) is 0 Å². The number of carbonyl (C=O) groups is 1. The maximum atomic E-state index is 13.6. The van der Waals surface area contributed by atoms with Crippen molar-refractivity contribution in [2.75, 3.05) is 22.9 Å². The zero-order valence-electron chi connectivity index (χ0n) is 14.6. The number of para-hydroxylation sites is 2. The number of pyridine rings is 1. The minimum atomic E-state index is -0.107. The van der Waals surface area contributed by atoms with Crippen LogP contribution >= 0.6 is 0 Å². The number of anilines is 3. The molecular weight excluding hydrogens is 322 g/mol. The van der Waals surface area contributed by atoms with Gasteiger partial charge in [-0.15, -0.1) is 0 Å². The van der Waals surface area contributed by atoms with E-state index in [4.69, 9.17) is 0 Å². The van der Waals surface area contributed by atoms with Crippen molar-refractivity contribution in [3.05, 3.63) is 84.7 Å². The summed E-state index contributed by atoms with van der Waals surface area (Å²) in [7, 11) is 0. The van der Waals surface area contributed by atoms with Crippen LogP contribution in [0.1, 0.15) is 23.3 Å². The van der Waals surface area contributed by atoms with Gasteiger partial charge in [-0.05, 0) is 49.2 Å². The minimum absolute atomic E-state index is 0.107. The second-order valence-electron chi connectivity index (χ2n) is 6.38. The number of benzene rings is 2. The predicted molar refractivity (Wildman–Crippen MR) is 105 cm³/mol. The number of hydrogen-bond acceptors (Lipinski definition) is 3. The van der Waals surface area contributed by atoms with Crippen LogP contribution in [-0.4, -0.2) is 24.0 Å². The van der Waals surface area contributed by atoms with E-state index in [-0.39, 0.29) is 5.91 Å². The lowest BCUT2D eigenvalue weighted by atomic mass is 10.2. The minimum Gasteiger partial charge on any atom is -0.370 e. The first-order valence-corrected chi connectivity index (χ1v) is 8.99. The maximum absolute atomic E-state index is 13.6. The Hall–Kier alpha value is -3.14. The monoisotopic (exact) mass is 343 g/mol. The number of nitrogens with zero attached hydrogens (tertiary/aromatic N) is 3. The summed E-state index contributed by atoms with van der Waals surface area (Å²) in [6, 6.07) is 23.4. The lowest BCUT2D eigenvalue weighted by Crippen LogP contribution is -2.30. The van der Waals surface area contributed by atoms with Crippen LogP contribution in [0, 0.1) is 0 Å².